The van der Waals surface area contributed by atoms with E-state index in [1.54, 1.807) is 43.1 Å². The molecule has 0 aliphatic rings. The zero-order valence-corrected chi connectivity index (χ0v) is 12.2. The van der Waals surface area contributed by atoms with E-state index in [-0.39, 0.29) is 24.3 Å². The first-order valence-electron chi connectivity index (χ1n) is 6.22. The molecule has 1 N–H and O–H groups in total. The number of amides is 1. The van der Waals surface area contributed by atoms with Gasteiger partial charge in [0.05, 0.1) is 12.6 Å². The Morgan fingerprint density at radius 3 is 2.68 bits per heavy atom. The molecule has 1 amide bonds. The molecule has 0 bridgehead atoms. The van der Waals surface area contributed by atoms with Crippen molar-refractivity contribution in [2.75, 3.05) is 20.1 Å². The van der Waals surface area contributed by atoms with Crippen LogP contribution in [0.1, 0.15) is 24.2 Å². The van der Waals surface area contributed by atoms with E-state index in [1.807, 2.05) is 6.92 Å². The van der Waals surface area contributed by atoms with E-state index < -0.39 is 0 Å². The Kier molecular flexibility index (Phi) is 5.99. The number of carbonyl (C=O) groups excluding carboxylic acids is 2. The zero-order valence-electron chi connectivity index (χ0n) is 11.4. The van der Waals surface area contributed by atoms with Crippen molar-refractivity contribution in [1.82, 2.24) is 10.2 Å². The second-order valence-corrected chi connectivity index (χ2v) is 4.86. The van der Waals surface area contributed by atoms with Crippen molar-refractivity contribution in [2.45, 2.75) is 19.9 Å². The highest BCUT2D eigenvalue weighted by atomic mass is 35.5. The molecule has 1 atom stereocenters. The molecule has 0 radical (unpaired) electrons. The molecule has 0 aliphatic heterocycles. The van der Waals surface area contributed by atoms with E-state index in [2.05, 4.69) is 5.32 Å². The number of nitrogens with zero attached hydrogens (tertiary/aromatic N) is 1. The van der Waals surface area contributed by atoms with E-state index in [9.17, 15) is 9.59 Å². The number of benzene rings is 1. The van der Waals surface area contributed by atoms with Gasteiger partial charge in [0, 0.05) is 17.1 Å². The average Bonchev–Trinajstić information content (AvgIpc) is 2.37. The molecule has 0 fully saturated rings. The van der Waals surface area contributed by atoms with Crippen LogP contribution >= 0.6 is 11.6 Å². The van der Waals surface area contributed by atoms with Crippen molar-refractivity contribution in [3.05, 3.63) is 34.9 Å². The quantitative estimate of drug-likeness (QED) is 0.812. The summed E-state index contributed by atoms with van der Waals surface area (Å²) >= 11 is 5.87. The molecule has 104 valence electrons. The van der Waals surface area contributed by atoms with Crippen LogP contribution in [0.2, 0.25) is 5.02 Å². The molecular weight excluding hydrogens is 264 g/mol. The fourth-order valence-electron chi connectivity index (χ4n) is 1.70. The topological polar surface area (TPSA) is 49.4 Å². The van der Waals surface area contributed by atoms with Crippen LogP contribution in [-0.2, 0) is 4.79 Å². The van der Waals surface area contributed by atoms with Gasteiger partial charge in [-0.15, -0.1) is 0 Å². The van der Waals surface area contributed by atoms with Gasteiger partial charge in [-0.05, 0) is 33.0 Å². The Labute approximate surface area is 118 Å². The van der Waals surface area contributed by atoms with E-state index >= 15 is 0 Å². The minimum absolute atomic E-state index is 0.0469. The number of hydrogen-bond donors (Lipinski definition) is 1. The molecule has 1 aromatic carbocycles. The summed E-state index contributed by atoms with van der Waals surface area (Å²) in [5.41, 5.74) is 0.558. The van der Waals surface area contributed by atoms with Crippen LogP contribution in [0.4, 0.5) is 0 Å². The van der Waals surface area contributed by atoms with E-state index in [0.29, 0.717) is 17.1 Å². The number of carbonyl (C=O) groups is 2. The van der Waals surface area contributed by atoms with Gasteiger partial charge in [-0.1, -0.05) is 23.7 Å². The summed E-state index contributed by atoms with van der Waals surface area (Å²) in [6, 6.07) is 6.46. The lowest BCUT2D eigenvalue weighted by Crippen LogP contribution is -2.42. The van der Waals surface area contributed by atoms with Gasteiger partial charge in [0.15, 0.2) is 5.78 Å². The Hall–Kier alpha value is -1.39. The third kappa shape index (κ3) is 4.65. The second kappa shape index (κ2) is 7.26. The smallest absolute Gasteiger partial charge is 0.234 e. The molecule has 0 aromatic heterocycles. The van der Waals surface area contributed by atoms with E-state index in [4.69, 9.17) is 11.6 Å². The number of ketones is 1. The average molecular weight is 283 g/mol. The molecule has 0 saturated carbocycles. The van der Waals surface area contributed by atoms with Gasteiger partial charge in [0.25, 0.3) is 0 Å². The van der Waals surface area contributed by atoms with Crippen LogP contribution < -0.4 is 5.32 Å². The predicted octanol–water partition coefficient (Wildman–Crippen LogP) is 1.98. The van der Waals surface area contributed by atoms with Crippen molar-refractivity contribution >= 4 is 23.3 Å². The summed E-state index contributed by atoms with van der Waals surface area (Å²) in [5, 5.41) is 3.24. The monoisotopic (exact) mass is 282 g/mol. The predicted molar refractivity (Wildman–Crippen MR) is 76.6 cm³/mol. The van der Waals surface area contributed by atoms with Crippen molar-refractivity contribution in [3.63, 3.8) is 0 Å². The van der Waals surface area contributed by atoms with Crippen molar-refractivity contribution in [2.24, 2.45) is 0 Å². The van der Waals surface area contributed by atoms with Gasteiger partial charge >= 0.3 is 0 Å². The third-order valence-corrected chi connectivity index (χ3v) is 3.15. The molecule has 0 aliphatic carbocycles. The Morgan fingerprint density at radius 2 is 2.11 bits per heavy atom. The van der Waals surface area contributed by atoms with Crippen LogP contribution in [0.25, 0.3) is 0 Å². The van der Waals surface area contributed by atoms with Gasteiger partial charge in [0.1, 0.15) is 0 Å². The summed E-state index contributed by atoms with van der Waals surface area (Å²) in [5.74, 6) is -0.134. The summed E-state index contributed by atoms with van der Waals surface area (Å²) < 4.78 is 0. The molecule has 4 nitrogen and oxygen atoms in total. The van der Waals surface area contributed by atoms with Gasteiger partial charge in [0.2, 0.25) is 5.91 Å². The molecule has 1 unspecified atom stereocenters. The first kappa shape index (κ1) is 15.7. The Bertz CT molecular complexity index is 463. The maximum Gasteiger partial charge on any atom is 0.234 e. The lowest BCUT2D eigenvalue weighted by Gasteiger charge is -2.23. The minimum Gasteiger partial charge on any atom is -0.355 e. The van der Waals surface area contributed by atoms with Crippen molar-refractivity contribution in [1.29, 1.82) is 0 Å². The van der Waals surface area contributed by atoms with Crippen LogP contribution in [-0.4, -0.2) is 42.8 Å². The standard InChI is InChI=1S/C14H19ClN2O2/c1-4-16-13(18)9-17(3)10(2)14(19)11-6-5-7-12(15)8-11/h5-8,10H,4,9H2,1-3H3,(H,16,18). The lowest BCUT2D eigenvalue weighted by molar-refractivity contribution is -0.122. The highest BCUT2D eigenvalue weighted by molar-refractivity contribution is 6.31. The van der Waals surface area contributed by atoms with Crippen LogP contribution in [0.5, 0.6) is 0 Å². The molecule has 19 heavy (non-hydrogen) atoms. The van der Waals surface area contributed by atoms with Gasteiger partial charge in [-0.3, -0.25) is 14.5 Å². The van der Waals surface area contributed by atoms with Crippen molar-refractivity contribution < 1.29 is 9.59 Å². The van der Waals surface area contributed by atoms with Crippen LogP contribution in [0.15, 0.2) is 24.3 Å². The summed E-state index contributed by atoms with van der Waals surface area (Å²) in [7, 11) is 1.75. The number of likely N-dealkylation sites (N-methyl/N-ethyl adjacent to an activating group) is 2. The van der Waals surface area contributed by atoms with E-state index in [1.165, 1.54) is 0 Å². The molecule has 0 heterocycles. The number of nitrogens with one attached hydrogen (secondary N) is 1. The normalized spacial score (nSPS) is 12.3. The zero-order chi connectivity index (χ0) is 14.4. The van der Waals surface area contributed by atoms with Gasteiger partial charge in [-0.2, -0.15) is 0 Å². The largest absolute Gasteiger partial charge is 0.355 e. The number of Topliss-reactive ketones (excluding diaryl/α,β-unsaturated/α-hetero) is 1. The number of halogens is 1. The summed E-state index contributed by atoms with van der Waals surface area (Å²) in [6.45, 7) is 4.42. The molecule has 5 heteroatoms. The molecule has 0 saturated heterocycles. The molecular formula is C14H19ClN2O2. The summed E-state index contributed by atoms with van der Waals surface area (Å²) in [4.78, 5) is 25.4. The first-order valence-corrected chi connectivity index (χ1v) is 6.60. The van der Waals surface area contributed by atoms with Crippen LogP contribution in [0.3, 0.4) is 0 Å². The molecule has 0 spiro atoms. The van der Waals surface area contributed by atoms with Gasteiger partial charge < -0.3 is 5.32 Å². The SMILES string of the molecule is CCNC(=O)CN(C)C(C)C(=O)c1cccc(Cl)c1. The third-order valence-electron chi connectivity index (χ3n) is 2.92. The van der Waals surface area contributed by atoms with E-state index in [0.717, 1.165) is 0 Å². The highest BCUT2D eigenvalue weighted by Gasteiger charge is 2.21. The maximum absolute atomic E-state index is 12.2. The highest BCUT2D eigenvalue weighted by Crippen LogP contribution is 2.14. The lowest BCUT2D eigenvalue weighted by atomic mass is 10.0. The minimum atomic E-state index is -0.374. The number of rotatable bonds is 6. The molecule has 1 aromatic rings. The van der Waals surface area contributed by atoms with Crippen molar-refractivity contribution in [3.8, 4) is 0 Å². The fraction of sp³-hybridized carbons (Fsp3) is 0.429. The Balaban J connectivity index is 2.68. The van der Waals surface area contributed by atoms with Gasteiger partial charge in [-0.25, -0.2) is 0 Å². The molecule has 1 rings (SSSR count). The second-order valence-electron chi connectivity index (χ2n) is 4.42. The fourth-order valence-corrected chi connectivity index (χ4v) is 1.89. The Morgan fingerprint density at radius 1 is 1.42 bits per heavy atom. The summed E-state index contributed by atoms with van der Waals surface area (Å²) in [6.07, 6.45) is 0. The van der Waals surface area contributed by atoms with Crippen LogP contribution in [0, 0.1) is 0 Å². The number of hydrogen-bond acceptors (Lipinski definition) is 3. The maximum atomic E-state index is 12.2. The first-order chi connectivity index (χ1) is 8.95.